The summed E-state index contributed by atoms with van der Waals surface area (Å²) in [4.78, 5) is -0.192. The zero-order valence-corrected chi connectivity index (χ0v) is 18.4. The number of rotatable bonds is 8. The molecule has 0 fully saturated rings. The minimum Gasteiger partial charge on any atom is -0.493 e. The molecule has 0 saturated carbocycles. The molecule has 2 aromatic rings. The lowest BCUT2D eigenvalue weighted by Gasteiger charge is -2.18. The van der Waals surface area contributed by atoms with Crippen molar-refractivity contribution in [3.63, 3.8) is 0 Å². The van der Waals surface area contributed by atoms with Gasteiger partial charge in [-0.2, -0.15) is 21.9 Å². The molecule has 0 atom stereocenters. The highest BCUT2D eigenvalue weighted by Crippen LogP contribution is 2.32. The minimum atomic E-state index is -4.14. The van der Waals surface area contributed by atoms with Crippen LogP contribution in [0.1, 0.15) is 25.2 Å². The van der Waals surface area contributed by atoms with Crippen LogP contribution in [0.25, 0.3) is 0 Å². The molecule has 28 heavy (non-hydrogen) atoms. The van der Waals surface area contributed by atoms with Crippen molar-refractivity contribution in [3.05, 3.63) is 29.6 Å². The van der Waals surface area contributed by atoms with E-state index in [1.54, 1.807) is 13.8 Å². The molecule has 156 valence electrons. The standard InChI is InChI=1S/C17H25N3O6S2/c1-7-19(8-2)28(23,24)17-12(3)18-20(13(17)4)27(21,22)14-9-10-15(25-5)16(11-14)26-6/h9-11H,7-8H2,1-6H3. The first-order chi connectivity index (χ1) is 13.1. The van der Waals surface area contributed by atoms with E-state index in [0.717, 1.165) is 4.09 Å². The van der Waals surface area contributed by atoms with E-state index in [-0.39, 0.29) is 40.0 Å². The number of ether oxygens (including phenoxy) is 2. The summed E-state index contributed by atoms with van der Waals surface area (Å²) in [6.07, 6.45) is 0. The Bertz CT molecular complexity index is 1070. The van der Waals surface area contributed by atoms with E-state index >= 15 is 0 Å². The number of hydrogen-bond donors (Lipinski definition) is 0. The molecule has 1 heterocycles. The molecule has 0 N–H and O–H groups in total. The van der Waals surface area contributed by atoms with E-state index in [1.165, 1.54) is 50.6 Å². The summed E-state index contributed by atoms with van der Waals surface area (Å²) >= 11 is 0. The summed E-state index contributed by atoms with van der Waals surface area (Å²) in [5, 5.41) is 4.02. The average molecular weight is 432 g/mol. The highest BCUT2D eigenvalue weighted by atomic mass is 32.2. The number of methoxy groups -OCH3 is 2. The van der Waals surface area contributed by atoms with Gasteiger partial charge in [0, 0.05) is 19.2 Å². The van der Waals surface area contributed by atoms with Gasteiger partial charge in [-0.3, -0.25) is 0 Å². The summed E-state index contributed by atoms with van der Waals surface area (Å²) in [5.74, 6) is 0.612. The van der Waals surface area contributed by atoms with Crippen LogP contribution in [-0.4, -0.2) is 57.6 Å². The third kappa shape index (κ3) is 3.61. The Kier molecular flexibility index (Phi) is 6.41. The van der Waals surface area contributed by atoms with E-state index in [2.05, 4.69) is 5.10 Å². The fraction of sp³-hybridized carbons (Fsp3) is 0.471. The zero-order valence-electron chi connectivity index (χ0n) is 16.8. The SMILES string of the molecule is CCN(CC)S(=O)(=O)c1c(C)nn(S(=O)(=O)c2ccc(OC)c(OC)c2)c1C. The average Bonchev–Trinajstić information content (AvgIpc) is 2.97. The van der Waals surface area contributed by atoms with E-state index < -0.39 is 20.0 Å². The maximum absolute atomic E-state index is 13.1. The Morgan fingerprint density at radius 1 is 1.00 bits per heavy atom. The molecule has 11 heteroatoms. The second-order valence-electron chi connectivity index (χ2n) is 5.95. The van der Waals surface area contributed by atoms with Gasteiger partial charge < -0.3 is 9.47 Å². The van der Waals surface area contributed by atoms with Gasteiger partial charge >= 0.3 is 0 Å². The molecule has 2 rings (SSSR count). The van der Waals surface area contributed by atoms with Crippen LogP contribution in [0.5, 0.6) is 11.5 Å². The molecule has 0 aliphatic carbocycles. The predicted molar refractivity (Wildman–Crippen MR) is 104 cm³/mol. The molecule has 0 aliphatic rings. The second kappa shape index (κ2) is 8.10. The van der Waals surface area contributed by atoms with Crippen LogP contribution in [0, 0.1) is 13.8 Å². The van der Waals surface area contributed by atoms with Crippen molar-refractivity contribution in [2.45, 2.75) is 37.5 Å². The molecule has 1 aromatic heterocycles. The summed E-state index contributed by atoms with van der Waals surface area (Å²) in [6.45, 7) is 6.88. The molecule has 0 unspecified atom stereocenters. The predicted octanol–water partition coefficient (Wildman–Crippen LogP) is 1.78. The van der Waals surface area contributed by atoms with Crippen molar-refractivity contribution in [2.24, 2.45) is 0 Å². The molecular weight excluding hydrogens is 406 g/mol. The van der Waals surface area contributed by atoms with Crippen LogP contribution in [-0.2, 0) is 20.0 Å². The largest absolute Gasteiger partial charge is 0.493 e. The maximum Gasteiger partial charge on any atom is 0.283 e. The molecule has 0 aliphatic heterocycles. The lowest BCUT2D eigenvalue weighted by molar-refractivity contribution is 0.354. The van der Waals surface area contributed by atoms with E-state index in [4.69, 9.17) is 9.47 Å². The second-order valence-corrected chi connectivity index (χ2v) is 9.60. The number of benzene rings is 1. The van der Waals surface area contributed by atoms with Crippen molar-refractivity contribution in [2.75, 3.05) is 27.3 Å². The molecule has 0 amide bonds. The van der Waals surface area contributed by atoms with Gasteiger partial charge in [0.05, 0.1) is 30.5 Å². The molecule has 0 saturated heterocycles. The van der Waals surface area contributed by atoms with Gasteiger partial charge in [-0.1, -0.05) is 13.8 Å². The monoisotopic (exact) mass is 431 g/mol. The highest BCUT2D eigenvalue weighted by molar-refractivity contribution is 7.90. The Labute approximate surface area is 166 Å². The zero-order chi connectivity index (χ0) is 21.3. The Morgan fingerprint density at radius 3 is 2.07 bits per heavy atom. The molecule has 1 aromatic carbocycles. The smallest absolute Gasteiger partial charge is 0.283 e. The summed E-state index contributed by atoms with van der Waals surface area (Å²) in [7, 11) is -5.17. The summed E-state index contributed by atoms with van der Waals surface area (Å²) in [6, 6.07) is 4.12. The Hall–Kier alpha value is -2.11. The van der Waals surface area contributed by atoms with Crippen molar-refractivity contribution in [3.8, 4) is 11.5 Å². The van der Waals surface area contributed by atoms with Crippen LogP contribution in [0.15, 0.2) is 28.0 Å². The van der Waals surface area contributed by atoms with Crippen molar-refractivity contribution in [1.82, 2.24) is 13.5 Å². The number of hydrogen-bond acceptors (Lipinski definition) is 7. The van der Waals surface area contributed by atoms with Crippen LogP contribution in [0.2, 0.25) is 0 Å². The van der Waals surface area contributed by atoms with Gasteiger partial charge in [0.2, 0.25) is 10.0 Å². The number of aryl methyl sites for hydroxylation is 1. The molecule has 0 radical (unpaired) electrons. The molecule has 9 nitrogen and oxygen atoms in total. The lowest BCUT2D eigenvalue weighted by atomic mass is 10.3. The van der Waals surface area contributed by atoms with Gasteiger partial charge in [-0.05, 0) is 26.0 Å². The van der Waals surface area contributed by atoms with Gasteiger partial charge in [-0.15, -0.1) is 0 Å². The minimum absolute atomic E-state index is 0.0270. The fourth-order valence-electron chi connectivity index (χ4n) is 2.98. The summed E-state index contributed by atoms with van der Waals surface area (Å²) < 4.78 is 64.4. The van der Waals surface area contributed by atoms with Gasteiger partial charge in [0.25, 0.3) is 10.0 Å². The van der Waals surface area contributed by atoms with Crippen molar-refractivity contribution < 1.29 is 26.3 Å². The first kappa shape index (κ1) is 22.2. The number of aromatic nitrogens is 2. The normalized spacial score (nSPS) is 12.4. The van der Waals surface area contributed by atoms with Gasteiger partial charge in [-0.25, -0.2) is 8.42 Å². The van der Waals surface area contributed by atoms with Crippen molar-refractivity contribution in [1.29, 1.82) is 0 Å². The molecule has 0 spiro atoms. The maximum atomic E-state index is 13.1. The highest BCUT2D eigenvalue weighted by Gasteiger charge is 2.33. The third-order valence-corrected chi connectivity index (χ3v) is 8.33. The molecular formula is C17H25N3O6S2. The number of sulfonamides is 1. The first-order valence-electron chi connectivity index (χ1n) is 8.60. The van der Waals surface area contributed by atoms with E-state index in [1.807, 2.05) is 0 Å². The van der Waals surface area contributed by atoms with Crippen LogP contribution >= 0.6 is 0 Å². The quantitative estimate of drug-likeness (QED) is 0.627. The van der Waals surface area contributed by atoms with Gasteiger partial charge in [0.15, 0.2) is 11.5 Å². The van der Waals surface area contributed by atoms with Crippen LogP contribution in [0.4, 0.5) is 0 Å². The third-order valence-electron chi connectivity index (χ3n) is 4.37. The van der Waals surface area contributed by atoms with Crippen LogP contribution in [0.3, 0.4) is 0 Å². The van der Waals surface area contributed by atoms with E-state index in [0.29, 0.717) is 5.75 Å². The molecule has 0 bridgehead atoms. The first-order valence-corrected chi connectivity index (χ1v) is 11.5. The van der Waals surface area contributed by atoms with Crippen LogP contribution < -0.4 is 9.47 Å². The fourth-order valence-corrected chi connectivity index (χ4v) is 6.23. The van der Waals surface area contributed by atoms with E-state index in [9.17, 15) is 16.8 Å². The number of nitrogens with zero attached hydrogens (tertiary/aromatic N) is 3. The Balaban J connectivity index is 2.67. The lowest BCUT2D eigenvalue weighted by Crippen LogP contribution is -2.31. The summed E-state index contributed by atoms with van der Waals surface area (Å²) in [5.41, 5.74) is 0.146. The van der Waals surface area contributed by atoms with Crippen molar-refractivity contribution >= 4 is 20.0 Å². The van der Waals surface area contributed by atoms with Gasteiger partial charge in [0.1, 0.15) is 4.90 Å². The Morgan fingerprint density at radius 2 is 1.57 bits per heavy atom. The topological polar surface area (TPSA) is 108 Å².